The van der Waals surface area contributed by atoms with Gasteiger partial charge < -0.3 is 15.5 Å². The molecule has 0 saturated heterocycles. The molecular formula is C23H22F3N7O4S. The maximum atomic E-state index is 13.2. The molecule has 0 aliphatic heterocycles. The number of alkyl halides is 3. The molecule has 3 heterocycles. The summed E-state index contributed by atoms with van der Waals surface area (Å²) in [6.07, 6.45) is -0.722. The van der Waals surface area contributed by atoms with E-state index in [1.54, 1.807) is 6.92 Å². The number of ketones is 1. The van der Waals surface area contributed by atoms with Gasteiger partial charge in [-0.15, -0.1) is 11.3 Å². The SMILES string of the molecule is CCNC(=O)Nc1cc(-c2nc(C(F)(F)F)cs2)c(-c2cncc(C(=O)CNC(=O)C(=O)N(C)C)c2)cn1. The number of likely N-dealkylation sites (N-methyl/N-ethyl adjacent to an activating group) is 1. The van der Waals surface area contributed by atoms with Crippen LogP contribution in [-0.2, 0) is 15.8 Å². The van der Waals surface area contributed by atoms with Crippen molar-refractivity contribution in [2.75, 3.05) is 32.5 Å². The molecule has 0 radical (unpaired) electrons. The van der Waals surface area contributed by atoms with E-state index in [0.717, 1.165) is 21.6 Å². The summed E-state index contributed by atoms with van der Waals surface area (Å²) in [7, 11) is 2.78. The Labute approximate surface area is 218 Å². The van der Waals surface area contributed by atoms with E-state index in [9.17, 15) is 32.3 Å². The fourth-order valence-corrected chi connectivity index (χ4v) is 3.92. The van der Waals surface area contributed by atoms with Crippen LogP contribution in [0, 0.1) is 0 Å². The summed E-state index contributed by atoms with van der Waals surface area (Å²) < 4.78 is 39.6. The Hall–Kier alpha value is -4.40. The van der Waals surface area contributed by atoms with Crippen molar-refractivity contribution in [2.45, 2.75) is 13.1 Å². The monoisotopic (exact) mass is 549 g/mol. The second kappa shape index (κ2) is 11.8. The number of thiazole rings is 1. The van der Waals surface area contributed by atoms with Crippen LogP contribution in [0.2, 0.25) is 0 Å². The highest BCUT2D eigenvalue weighted by atomic mass is 32.1. The molecule has 200 valence electrons. The van der Waals surface area contributed by atoms with Gasteiger partial charge in [-0.25, -0.2) is 14.8 Å². The van der Waals surface area contributed by atoms with Crippen molar-refractivity contribution >= 4 is 40.8 Å². The van der Waals surface area contributed by atoms with Gasteiger partial charge in [0, 0.05) is 66.9 Å². The third-order valence-electron chi connectivity index (χ3n) is 4.89. The van der Waals surface area contributed by atoms with Crippen molar-refractivity contribution in [1.82, 2.24) is 30.5 Å². The Balaban J connectivity index is 1.97. The van der Waals surface area contributed by atoms with E-state index in [1.165, 1.54) is 44.8 Å². The maximum absolute atomic E-state index is 13.2. The lowest BCUT2D eigenvalue weighted by Crippen LogP contribution is -2.41. The van der Waals surface area contributed by atoms with E-state index in [-0.39, 0.29) is 22.0 Å². The minimum Gasteiger partial charge on any atom is -0.341 e. The number of Topliss-reactive ketones (excluding diaryl/α,β-unsaturated/α-hetero) is 1. The van der Waals surface area contributed by atoms with E-state index in [2.05, 4.69) is 30.9 Å². The van der Waals surface area contributed by atoms with Crippen molar-refractivity contribution in [3.05, 3.63) is 47.4 Å². The molecule has 3 aromatic heterocycles. The summed E-state index contributed by atoms with van der Waals surface area (Å²) in [6, 6.07) is 2.23. The second-order valence-electron chi connectivity index (χ2n) is 7.90. The normalized spacial score (nSPS) is 11.0. The molecule has 4 amide bonds. The van der Waals surface area contributed by atoms with Crippen molar-refractivity contribution in [2.24, 2.45) is 0 Å². The molecule has 0 atom stereocenters. The molecule has 0 bridgehead atoms. The lowest BCUT2D eigenvalue weighted by Gasteiger charge is -2.12. The standard InChI is InChI=1S/C23H22F3N7O4S/c1-4-28-22(37)32-18-6-14(20-31-17(11-38-20)23(24,25)26)15(9-29-18)12-5-13(8-27-7-12)16(34)10-30-19(35)21(36)33(2)3/h5-9,11H,4,10H2,1-3H3,(H,30,35)(H2,28,29,32,37). The fraction of sp³-hybridized carbons (Fsp3) is 0.261. The van der Waals surface area contributed by atoms with Gasteiger partial charge in [-0.3, -0.25) is 24.7 Å². The van der Waals surface area contributed by atoms with Crippen LogP contribution >= 0.6 is 11.3 Å². The van der Waals surface area contributed by atoms with Crippen molar-refractivity contribution in [1.29, 1.82) is 0 Å². The number of hydrogen-bond donors (Lipinski definition) is 3. The Bertz CT molecular complexity index is 1380. The van der Waals surface area contributed by atoms with E-state index in [4.69, 9.17) is 0 Å². The average Bonchev–Trinajstić information content (AvgIpc) is 3.38. The first kappa shape index (κ1) is 28.2. The number of hydrogen-bond acceptors (Lipinski definition) is 8. The van der Waals surface area contributed by atoms with E-state index < -0.39 is 42.0 Å². The molecule has 3 rings (SSSR count). The smallest absolute Gasteiger partial charge is 0.341 e. The minimum absolute atomic E-state index is 0.000125. The highest BCUT2D eigenvalue weighted by Gasteiger charge is 2.34. The Kier molecular flexibility index (Phi) is 8.72. The summed E-state index contributed by atoms with van der Waals surface area (Å²) in [6.45, 7) is 1.57. The third kappa shape index (κ3) is 6.88. The van der Waals surface area contributed by atoms with Gasteiger partial charge in [0.05, 0.1) is 6.54 Å². The summed E-state index contributed by atoms with van der Waals surface area (Å²) in [5, 5.41) is 8.12. The first-order valence-corrected chi connectivity index (χ1v) is 11.8. The van der Waals surface area contributed by atoms with Crippen LogP contribution in [0.3, 0.4) is 0 Å². The number of nitrogens with one attached hydrogen (secondary N) is 3. The van der Waals surface area contributed by atoms with Gasteiger partial charge in [0.2, 0.25) is 0 Å². The molecule has 0 aromatic carbocycles. The summed E-state index contributed by atoms with van der Waals surface area (Å²) in [4.78, 5) is 61.0. The van der Waals surface area contributed by atoms with Crippen LogP contribution in [0.4, 0.5) is 23.8 Å². The van der Waals surface area contributed by atoms with Crippen LogP contribution in [0.15, 0.2) is 36.1 Å². The molecule has 3 N–H and O–H groups in total. The lowest BCUT2D eigenvalue weighted by atomic mass is 10.0. The van der Waals surface area contributed by atoms with E-state index in [1.807, 2.05) is 0 Å². The number of nitrogens with zero attached hydrogens (tertiary/aromatic N) is 4. The number of halogens is 3. The summed E-state index contributed by atoms with van der Waals surface area (Å²) >= 11 is 0.745. The number of carbonyl (C=O) groups is 4. The van der Waals surface area contributed by atoms with E-state index in [0.29, 0.717) is 17.7 Å². The highest BCUT2D eigenvalue weighted by molar-refractivity contribution is 7.13. The molecule has 0 unspecified atom stereocenters. The van der Waals surface area contributed by atoms with Crippen molar-refractivity contribution in [3.8, 4) is 21.7 Å². The van der Waals surface area contributed by atoms with E-state index >= 15 is 0 Å². The predicted octanol–water partition coefficient (Wildman–Crippen LogP) is 2.81. The van der Waals surface area contributed by atoms with Crippen LogP contribution in [0.1, 0.15) is 23.0 Å². The van der Waals surface area contributed by atoms with Gasteiger partial charge in [-0.1, -0.05) is 0 Å². The quantitative estimate of drug-likeness (QED) is 0.303. The molecular weight excluding hydrogens is 527 g/mol. The molecule has 0 aliphatic rings. The first-order chi connectivity index (χ1) is 17.9. The van der Waals surface area contributed by atoms with Crippen LogP contribution < -0.4 is 16.0 Å². The molecule has 11 nitrogen and oxygen atoms in total. The Morgan fingerprint density at radius 1 is 1.03 bits per heavy atom. The van der Waals surface area contributed by atoms with Crippen molar-refractivity contribution < 1.29 is 32.3 Å². The lowest BCUT2D eigenvalue weighted by molar-refractivity contribution is -0.144. The highest BCUT2D eigenvalue weighted by Crippen LogP contribution is 2.38. The van der Waals surface area contributed by atoms with Gasteiger partial charge in [-0.2, -0.15) is 13.2 Å². The predicted molar refractivity (Wildman–Crippen MR) is 132 cm³/mol. The Morgan fingerprint density at radius 3 is 2.39 bits per heavy atom. The molecule has 15 heteroatoms. The number of carbonyl (C=O) groups excluding carboxylic acids is 4. The maximum Gasteiger partial charge on any atom is 0.434 e. The van der Waals surface area contributed by atoms with Gasteiger partial charge in [0.25, 0.3) is 0 Å². The number of pyridine rings is 2. The second-order valence-corrected chi connectivity index (χ2v) is 8.76. The molecule has 0 saturated carbocycles. The number of amides is 4. The molecule has 0 fully saturated rings. The molecule has 0 spiro atoms. The van der Waals surface area contributed by atoms with Crippen LogP contribution in [0.5, 0.6) is 0 Å². The minimum atomic E-state index is -4.66. The zero-order valence-electron chi connectivity index (χ0n) is 20.3. The largest absolute Gasteiger partial charge is 0.434 e. The fourth-order valence-electron chi connectivity index (χ4n) is 3.06. The van der Waals surface area contributed by atoms with Crippen molar-refractivity contribution in [3.63, 3.8) is 0 Å². The average molecular weight is 550 g/mol. The number of aromatic nitrogens is 3. The van der Waals surface area contributed by atoms with Gasteiger partial charge in [0.15, 0.2) is 11.5 Å². The summed E-state index contributed by atoms with van der Waals surface area (Å²) in [5.41, 5.74) is -0.177. The zero-order valence-corrected chi connectivity index (χ0v) is 21.2. The summed E-state index contributed by atoms with van der Waals surface area (Å²) in [5.74, 6) is -2.29. The topological polar surface area (TPSA) is 146 Å². The Morgan fingerprint density at radius 2 is 1.76 bits per heavy atom. The number of urea groups is 1. The number of rotatable bonds is 7. The number of anilines is 1. The van der Waals surface area contributed by atoms with Gasteiger partial charge in [-0.05, 0) is 19.1 Å². The third-order valence-corrected chi connectivity index (χ3v) is 5.76. The first-order valence-electron chi connectivity index (χ1n) is 11.0. The molecule has 38 heavy (non-hydrogen) atoms. The molecule has 3 aromatic rings. The van der Waals surface area contributed by atoms with Crippen LogP contribution in [0.25, 0.3) is 21.7 Å². The molecule has 0 aliphatic carbocycles. The van der Waals surface area contributed by atoms with Gasteiger partial charge in [0.1, 0.15) is 10.8 Å². The zero-order chi connectivity index (χ0) is 28.0. The van der Waals surface area contributed by atoms with Gasteiger partial charge >= 0.3 is 24.0 Å². The van der Waals surface area contributed by atoms with Crippen LogP contribution in [-0.4, -0.2) is 70.7 Å².